The van der Waals surface area contributed by atoms with Crippen molar-refractivity contribution < 1.29 is 41.1 Å². The number of carbonyl (C=O) groups excluding carboxylic acids is 1. The Morgan fingerprint density at radius 2 is 0.721 bits per heavy atom. The standard InChI is InChI=1S/C92H91N5O14/c1-13-93(77-42-81-72(23-56(77)9)52(5)27-85(98)107-81)46-60-31-61(47-94(14-2)78-43-82-73(24-57(78)10)53(6)28-86(99)108-82)35-68(34-60)104-50-64-33-65(39-70(38-64)106-91(102)76-41-67-40-66-19-17-21-97-22-18-20-71(89(66)97)90(67)111-92(76)103)51-105-69-36-62(48-95(15-3)79-44-83-74(25-58(79)11)54(7)29-87(100)109-83)32-63(37-69)49-96(16-4)80-45-84-75(26-59(80)12)55(8)30-88(101)110-84/h23-45H,13-22,46-51H2,1-12H3. The van der Waals surface area contributed by atoms with Crippen molar-refractivity contribution in [1.29, 1.82) is 0 Å². The second-order valence-electron chi connectivity index (χ2n) is 29.9. The molecule has 0 atom stereocenters. The van der Waals surface area contributed by atoms with Crippen molar-refractivity contribution in [2.75, 3.05) is 63.8 Å². The molecule has 0 amide bonds. The highest BCUT2D eigenvalue weighted by Crippen LogP contribution is 2.41. The number of hydrogen-bond donors (Lipinski definition) is 0. The smallest absolute Gasteiger partial charge is 0.351 e. The molecule has 19 heteroatoms. The third kappa shape index (κ3) is 15.4. The van der Waals surface area contributed by atoms with Gasteiger partial charge in [0.2, 0.25) is 0 Å². The number of aryl methyl sites for hydroxylation is 10. The molecule has 111 heavy (non-hydrogen) atoms. The van der Waals surface area contributed by atoms with E-state index in [1.165, 1.54) is 29.8 Å². The molecule has 0 bridgehead atoms. The van der Waals surface area contributed by atoms with Gasteiger partial charge in [0.1, 0.15) is 63.9 Å². The Hall–Kier alpha value is -12.1. The van der Waals surface area contributed by atoms with Crippen LogP contribution in [-0.2, 0) is 52.2 Å². The number of benzene rings is 8. The van der Waals surface area contributed by atoms with Gasteiger partial charge in [-0.15, -0.1) is 0 Å². The van der Waals surface area contributed by atoms with E-state index >= 15 is 0 Å². The van der Waals surface area contributed by atoms with Gasteiger partial charge in [-0.25, -0.2) is 28.8 Å². The van der Waals surface area contributed by atoms with Gasteiger partial charge in [0.25, 0.3) is 0 Å². The summed E-state index contributed by atoms with van der Waals surface area (Å²) < 4.78 is 49.6. The van der Waals surface area contributed by atoms with Crippen molar-refractivity contribution in [3.63, 3.8) is 0 Å². The highest BCUT2D eigenvalue weighted by molar-refractivity contribution is 5.97. The normalized spacial score (nSPS) is 12.7. The molecule has 0 fully saturated rings. The lowest BCUT2D eigenvalue weighted by Gasteiger charge is -2.37. The van der Waals surface area contributed by atoms with Crippen molar-refractivity contribution in [3.8, 4) is 17.2 Å². The minimum absolute atomic E-state index is 0.00269. The first-order valence-corrected chi connectivity index (χ1v) is 38.4. The quantitative estimate of drug-likeness (QED) is 0.0312. The van der Waals surface area contributed by atoms with Crippen LogP contribution in [0.3, 0.4) is 0 Å². The molecular weight excluding hydrogens is 1400 g/mol. The monoisotopic (exact) mass is 1490 g/mol. The van der Waals surface area contributed by atoms with E-state index in [0.717, 1.165) is 161 Å². The topological polar surface area (TPSA) is 212 Å². The Labute approximate surface area is 642 Å². The molecule has 15 rings (SSSR count). The van der Waals surface area contributed by atoms with Gasteiger partial charge in [-0.3, -0.25) is 0 Å². The van der Waals surface area contributed by atoms with Crippen LogP contribution in [0.1, 0.15) is 140 Å². The van der Waals surface area contributed by atoms with Crippen LogP contribution in [0.4, 0.5) is 28.4 Å². The third-order valence-corrected chi connectivity index (χ3v) is 22.0. The minimum atomic E-state index is -0.879. The van der Waals surface area contributed by atoms with E-state index in [2.05, 4.69) is 116 Å². The van der Waals surface area contributed by atoms with E-state index in [1.807, 2.05) is 88.4 Å². The van der Waals surface area contributed by atoms with Crippen molar-refractivity contribution in [2.45, 2.75) is 148 Å². The van der Waals surface area contributed by atoms with E-state index in [4.69, 9.17) is 36.3 Å². The van der Waals surface area contributed by atoms with Gasteiger partial charge in [0, 0.05) is 175 Å². The summed E-state index contributed by atoms with van der Waals surface area (Å²) in [4.78, 5) is 91.3. The first kappa shape index (κ1) is 74.3. The second-order valence-corrected chi connectivity index (χ2v) is 29.9. The Morgan fingerprint density at radius 3 is 1.08 bits per heavy atom. The summed E-state index contributed by atoms with van der Waals surface area (Å²) in [6.07, 6.45) is 3.58. The van der Waals surface area contributed by atoms with Crippen molar-refractivity contribution >= 4 is 89.3 Å². The van der Waals surface area contributed by atoms with E-state index in [0.29, 0.717) is 108 Å². The van der Waals surface area contributed by atoms with E-state index in [-0.39, 0.29) is 24.5 Å². The number of ether oxygens (including phenoxy) is 3. The number of carbonyl (C=O) groups is 1. The maximum absolute atomic E-state index is 14.8. The molecule has 0 N–H and O–H groups in total. The van der Waals surface area contributed by atoms with E-state index < -0.39 is 34.1 Å². The Morgan fingerprint density at radius 1 is 0.378 bits per heavy atom. The summed E-state index contributed by atoms with van der Waals surface area (Å²) >= 11 is 0. The lowest BCUT2D eigenvalue weighted by Crippen LogP contribution is -2.34. The van der Waals surface area contributed by atoms with Crippen molar-refractivity contribution in [2.24, 2.45) is 0 Å². The Balaban J connectivity index is 0.801. The summed E-state index contributed by atoms with van der Waals surface area (Å²) in [5, 5.41) is 4.14. The molecule has 5 aromatic heterocycles. The lowest BCUT2D eigenvalue weighted by atomic mass is 9.90. The van der Waals surface area contributed by atoms with Gasteiger partial charge in [-0.1, -0.05) is 12.1 Å². The summed E-state index contributed by atoms with van der Waals surface area (Å²) in [6, 6.07) is 43.7. The molecule has 0 radical (unpaired) electrons. The van der Waals surface area contributed by atoms with Crippen LogP contribution in [0.2, 0.25) is 0 Å². The number of esters is 1. The van der Waals surface area contributed by atoms with Crippen LogP contribution < -0.4 is 66.8 Å². The molecule has 0 spiro atoms. The fourth-order valence-electron chi connectivity index (χ4n) is 16.6. The average Bonchev–Trinajstić information content (AvgIpc) is 0.746. The maximum atomic E-state index is 14.8. The molecule has 2 aliphatic rings. The Kier molecular flexibility index (Phi) is 20.6. The highest BCUT2D eigenvalue weighted by Gasteiger charge is 2.29. The average molecular weight is 1490 g/mol. The first-order valence-electron chi connectivity index (χ1n) is 38.4. The van der Waals surface area contributed by atoms with Crippen LogP contribution in [0.5, 0.6) is 17.2 Å². The molecular formula is C92H91N5O14. The molecule has 19 nitrogen and oxygen atoms in total. The zero-order valence-electron chi connectivity index (χ0n) is 65.0. The molecule has 13 aromatic rings. The van der Waals surface area contributed by atoms with Crippen molar-refractivity contribution in [3.05, 3.63) is 286 Å². The van der Waals surface area contributed by atoms with Gasteiger partial charge < -0.3 is 60.8 Å². The molecule has 0 aliphatic carbocycles. The largest absolute Gasteiger partial charge is 0.489 e. The van der Waals surface area contributed by atoms with E-state index in [9.17, 15) is 28.8 Å². The Bertz CT molecular complexity index is 5650. The second kappa shape index (κ2) is 30.7. The van der Waals surface area contributed by atoms with Gasteiger partial charge >= 0.3 is 34.1 Å². The summed E-state index contributed by atoms with van der Waals surface area (Å²) in [5.74, 6) is 0.391. The predicted octanol–water partition coefficient (Wildman–Crippen LogP) is 17.9. The fraction of sp³-hybridized carbons (Fsp3) is 0.304. The summed E-state index contributed by atoms with van der Waals surface area (Å²) in [7, 11) is 0. The fourth-order valence-corrected chi connectivity index (χ4v) is 16.6. The number of nitrogens with zero attached hydrogens (tertiary/aromatic N) is 5. The number of fused-ring (bicyclic) bond motifs is 6. The van der Waals surface area contributed by atoms with Crippen LogP contribution in [0.25, 0.3) is 54.8 Å². The number of hydrogen-bond acceptors (Lipinski definition) is 19. The maximum Gasteiger partial charge on any atom is 0.351 e. The summed E-state index contributed by atoms with van der Waals surface area (Å²) in [6.45, 7) is 30.4. The zero-order valence-corrected chi connectivity index (χ0v) is 65.0. The SMILES string of the molecule is CCN(Cc1cc(CN(CC)c2cc3oc(=O)cc(C)c3cc2C)cc(OCc2cc(COc3cc(CN(CC)c4cc5oc(=O)cc(C)c5cc4C)cc(CN(CC)c4cc5oc(=O)cc(C)c5cc4C)c3)cc(OC(=O)c3cc4cc5c6c(c4oc3=O)CCCN6CCC5)c2)c1)c1cc2oc(=O)cc(C)c2cc1C. The highest BCUT2D eigenvalue weighted by atomic mass is 16.5. The molecule has 0 saturated heterocycles. The minimum Gasteiger partial charge on any atom is -0.489 e. The number of rotatable bonds is 24. The molecule has 0 saturated carbocycles. The zero-order chi connectivity index (χ0) is 77.8. The predicted molar refractivity (Wildman–Crippen MR) is 439 cm³/mol. The number of anilines is 5. The third-order valence-electron chi connectivity index (χ3n) is 22.0. The van der Waals surface area contributed by atoms with Gasteiger partial charge in [0.05, 0.1) is 0 Å². The van der Waals surface area contributed by atoms with Crippen LogP contribution >= 0.6 is 0 Å². The molecule has 568 valence electrons. The van der Waals surface area contributed by atoms with E-state index in [1.54, 1.807) is 18.2 Å². The molecule has 7 heterocycles. The van der Waals surface area contributed by atoms with Gasteiger partial charge in [-0.05, 0) is 271 Å². The van der Waals surface area contributed by atoms with Crippen LogP contribution in [-0.4, -0.2) is 45.2 Å². The summed E-state index contributed by atoms with van der Waals surface area (Å²) in [5.41, 5.74) is 19.2. The van der Waals surface area contributed by atoms with Gasteiger partial charge in [-0.2, -0.15) is 0 Å². The molecule has 2 aliphatic heterocycles. The van der Waals surface area contributed by atoms with Crippen molar-refractivity contribution in [1.82, 2.24) is 0 Å². The molecule has 0 unspecified atom stereocenters. The first-order chi connectivity index (χ1) is 53.4. The van der Waals surface area contributed by atoms with Crippen LogP contribution in [0, 0.1) is 55.4 Å². The molecule has 8 aromatic carbocycles. The van der Waals surface area contributed by atoms with Gasteiger partial charge in [0.15, 0.2) is 0 Å². The van der Waals surface area contributed by atoms with Crippen LogP contribution in [0.15, 0.2) is 186 Å². The lowest BCUT2D eigenvalue weighted by molar-refractivity contribution is 0.0729.